The minimum absolute atomic E-state index is 0.0310. The fraction of sp³-hybridized carbons (Fsp3) is 0.833. The molecule has 1 aliphatic rings. The summed E-state index contributed by atoms with van der Waals surface area (Å²) >= 11 is 0. The fourth-order valence-electron chi connectivity index (χ4n) is 2.16. The van der Waals surface area contributed by atoms with Gasteiger partial charge >= 0.3 is 5.97 Å². The van der Waals surface area contributed by atoms with Crippen molar-refractivity contribution in [3.63, 3.8) is 0 Å². The molecule has 1 rings (SSSR count). The van der Waals surface area contributed by atoms with E-state index in [9.17, 15) is 9.59 Å². The molecular formula is C12H21NO4. The van der Waals surface area contributed by atoms with E-state index in [1.54, 1.807) is 4.90 Å². The molecule has 0 aliphatic carbocycles. The van der Waals surface area contributed by atoms with Crippen molar-refractivity contribution in [2.45, 2.75) is 51.8 Å². The lowest BCUT2D eigenvalue weighted by Crippen LogP contribution is -2.47. The molecule has 0 bridgehead atoms. The molecule has 0 saturated carbocycles. The predicted molar refractivity (Wildman–Crippen MR) is 62.2 cm³/mol. The maximum atomic E-state index is 11.9. The van der Waals surface area contributed by atoms with Crippen LogP contribution in [-0.2, 0) is 19.1 Å². The second-order valence-corrected chi connectivity index (χ2v) is 4.64. The van der Waals surface area contributed by atoms with Crippen LogP contribution in [0.3, 0.4) is 0 Å². The largest absolute Gasteiger partial charge is 0.469 e. The second-order valence-electron chi connectivity index (χ2n) is 4.64. The average molecular weight is 243 g/mol. The van der Waals surface area contributed by atoms with Crippen LogP contribution >= 0.6 is 0 Å². The van der Waals surface area contributed by atoms with Gasteiger partial charge < -0.3 is 14.4 Å². The Morgan fingerprint density at radius 1 is 1.47 bits per heavy atom. The summed E-state index contributed by atoms with van der Waals surface area (Å²) in [6.45, 7) is 6.06. The van der Waals surface area contributed by atoms with E-state index in [1.807, 2.05) is 20.8 Å². The highest BCUT2D eigenvalue weighted by atomic mass is 16.5. The van der Waals surface area contributed by atoms with Gasteiger partial charge in [0, 0.05) is 12.8 Å². The molecule has 0 aromatic rings. The van der Waals surface area contributed by atoms with Gasteiger partial charge in [0.15, 0.2) is 0 Å². The van der Waals surface area contributed by atoms with Crippen molar-refractivity contribution in [1.29, 1.82) is 0 Å². The molecule has 0 unspecified atom stereocenters. The smallest absolute Gasteiger partial charge is 0.305 e. The number of carbonyl (C=O) groups is 2. The molecule has 98 valence electrons. The van der Waals surface area contributed by atoms with Crippen molar-refractivity contribution in [3.05, 3.63) is 0 Å². The van der Waals surface area contributed by atoms with E-state index in [0.717, 1.165) is 0 Å². The highest BCUT2D eigenvalue weighted by Gasteiger charge is 2.42. The van der Waals surface area contributed by atoms with E-state index in [-0.39, 0.29) is 17.9 Å². The second kappa shape index (κ2) is 5.49. The van der Waals surface area contributed by atoms with Gasteiger partial charge in [0.05, 0.1) is 19.8 Å². The molecule has 0 aromatic heterocycles. The molecule has 0 radical (unpaired) electrons. The number of amides is 1. The molecule has 1 amide bonds. The molecule has 1 heterocycles. The third-order valence-electron chi connectivity index (χ3n) is 3.05. The summed E-state index contributed by atoms with van der Waals surface area (Å²) in [5.41, 5.74) is -0.576. The Morgan fingerprint density at radius 2 is 2.12 bits per heavy atom. The van der Waals surface area contributed by atoms with Gasteiger partial charge in [-0.3, -0.25) is 9.59 Å². The van der Waals surface area contributed by atoms with Crippen molar-refractivity contribution in [3.8, 4) is 0 Å². The number of carbonyl (C=O) groups excluding carboxylic acids is 2. The molecule has 0 spiro atoms. The molecule has 5 nitrogen and oxygen atoms in total. The predicted octanol–water partition coefficient (Wildman–Crippen LogP) is 1.31. The number of methoxy groups -OCH3 is 1. The van der Waals surface area contributed by atoms with Gasteiger partial charge in [-0.1, -0.05) is 6.92 Å². The van der Waals surface area contributed by atoms with Crippen LogP contribution in [0.2, 0.25) is 0 Å². The van der Waals surface area contributed by atoms with Crippen molar-refractivity contribution in [2.24, 2.45) is 0 Å². The number of hydrogen-bond acceptors (Lipinski definition) is 4. The third kappa shape index (κ3) is 3.19. The SMILES string of the molecule is CCC(=O)N1[C@@H](CCC(=O)OC)COC1(C)C. The van der Waals surface area contributed by atoms with Gasteiger partial charge in [-0.15, -0.1) is 0 Å². The molecule has 5 heteroatoms. The van der Waals surface area contributed by atoms with Crippen LogP contribution in [0.4, 0.5) is 0 Å². The van der Waals surface area contributed by atoms with Crippen molar-refractivity contribution >= 4 is 11.9 Å². The van der Waals surface area contributed by atoms with Gasteiger partial charge in [0.25, 0.3) is 0 Å². The normalized spacial score (nSPS) is 22.6. The van der Waals surface area contributed by atoms with Crippen LogP contribution in [0.1, 0.15) is 40.0 Å². The van der Waals surface area contributed by atoms with E-state index >= 15 is 0 Å². The van der Waals surface area contributed by atoms with Crippen LogP contribution in [0.5, 0.6) is 0 Å². The van der Waals surface area contributed by atoms with E-state index in [4.69, 9.17) is 4.74 Å². The summed E-state index contributed by atoms with van der Waals surface area (Å²) in [4.78, 5) is 24.7. The summed E-state index contributed by atoms with van der Waals surface area (Å²) in [5.74, 6) is -0.194. The monoisotopic (exact) mass is 243 g/mol. The summed E-state index contributed by atoms with van der Waals surface area (Å²) < 4.78 is 10.2. The first-order chi connectivity index (χ1) is 7.92. The molecule has 1 fully saturated rings. The Kier molecular flexibility index (Phi) is 4.51. The lowest BCUT2D eigenvalue weighted by molar-refractivity contribution is -0.147. The zero-order valence-electron chi connectivity index (χ0n) is 11.0. The minimum atomic E-state index is -0.576. The first-order valence-electron chi connectivity index (χ1n) is 5.95. The Hall–Kier alpha value is -1.10. The first-order valence-corrected chi connectivity index (χ1v) is 5.95. The summed E-state index contributed by atoms with van der Waals surface area (Å²) in [7, 11) is 1.37. The molecule has 0 aromatic carbocycles. The topological polar surface area (TPSA) is 55.8 Å². The Bertz CT molecular complexity index is 301. The maximum absolute atomic E-state index is 11.9. The van der Waals surface area contributed by atoms with Crippen LogP contribution in [0.25, 0.3) is 0 Å². The van der Waals surface area contributed by atoms with Gasteiger partial charge in [0.2, 0.25) is 5.91 Å². The molecule has 1 atom stereocenters. The Balaban J connectivity index is 2.65. The molecule has 17 heavy (non-hydrogen) atoms. The summed E-state index contributed by atoms with van der Waals surface area (Å²) in [6, 6.07) is -0.0310. The van der Waals surface area contributed by atoms with Crippen molar-refractivity contribution < 1.29 is 19.1 Å². The van der Waals surface area contributed by atoms with Gasteiger partial charge in [0.1, 0.15) is 5.72 Å². The number of hydrogen-bond donors (Lipinski definition) is 0. The Morgan fingerprint density at radius 3 is 2.65 bits per heavy atom. The lowest BCUT2D eigenvalue weighted by Gasteiger charge is -2.33. The van der Waals surface area contributed by atoms with Crippen molar-refractivity contribution in [1.82, 2.24) is 4.90 Å². The van der Waals surface area contributed by atoms with Crippen LogP contribution in [-0.4, -0.2) is 42.3 Å². The van der Waals surface area contributed by atoms with Crippen LogP contribution in [0, 0.1) is 0 Å². The zero-order chi connectivity index (χ0) is 13.1. The van der Waals surface area contributed by atoms with E-state index in [0.29, 0.717) is 25.9 Å². The lowest BCUT2D eigenvalue weighted by atomic mass is 10.1. The standard InChI is InChI=1S/C12H21NO4/c1-5-10(14)13-9(6-7-11(15)16-4)8-17-12(13,2)3/h9H,5-8H2,1-4H3/t9-/m0/s1. The van der Waals surface area contributed by atoms with Gasteiger partial charge in [-0.25, -0.2) is 0 Å². The number of rotatable bonds is 4. The minimum Gasteiger partial charge on any atom is -0.469 e. The fourth-order valence-corrected chi connectivity index (χ4v) is 2.16. The molecule has 1 saturated heterocycles. The number of esters is 1. The number of nitrogens with zero attached hydrogens (tertiary/aromatic N) is 1. The molecule has 0 N–H and O–H groups in total. The van der Waals surface area contributed by atoms with E-state index in [2.05, 4.69) is 4.74 Å². The Labute approximate surface area is 102 Å². The highest BCUT2D eigenvalue weighted by Crippen LogP contribution is 2.30. The molecule has 1 aliphatic heterocycles. The van der Waals surface area contributed by atoms with E-state index in [1.165, 1.54) is 7.11 Å². The zero-order valence-corrected chi connectivity index (χ0v) is 11.0. The van der Waals surface area contributed by atoms with Crippen LogP contribution < -0.4 is 0 Å². The highest BCUT2D eigenvalue weighted by molar-refractivity contribution is 5.77. The van der Waals surface area contributed by atoms with Crippen molar-refractivity contribution in [2.75, 3.05) is 13.7 Å². The summed E-state index contributed by atoms with van der Waals surface area (Å²) in [5, 5.41) is 0. The summed E-state index contributed by atoms with van der Waals surface area (Å²) in [6.07, 6.45) is 1.34. The molecular weight excluding hydrogens is 222 g/mol. The third-order valence-corrected chi connectivity index (χ3v) is 3.05. The quantitative estimate of drug-likeness (QED) is 0.699. The first kappa shape index (κ1) is 14.0. The van der Waals surface area contributed by atoms with Gasteiger partial charge in [-0.2, -0.15) is 0 Å². The van der Waals surface area contributed by atoms with Gasteiger partial charge in [-0.05, 0) is 20.3 Å². The average Bonchev–Trinajstić information content (AvgIpc) is 2.60. The van der Waals surface area contributed by atoms with E-state index < -0.39 is 5.72 Å². The maximum Gasteiger partial charge on any atom is 0.305 e. The van der Waals surface area contributed by atoms with Crippen LogP contribution in [0.15, 0.2) is 0 Å². The number of ether oxygens (including phenoxy) is 2.